The van der Waals surface area contributed by atoms with Gasteiger partial charge in [-0.3, -0.25) is 4.90 Å². The quantitative estimate of drug-likeness (QED) is 0.335. The molecule has 5 unspecified atom stereocenters. The molecule has 2 fully saturated rings. The van der Waals surface area contributed by atoms with Crippen molar-refractivity contribution >= 4 is 21.4 Å². The van der Waals surface area contributed by atoms with E-state index in [4.69, 9.17) is 36.9 Å². The molecular formula is C12H17BN4O6P+. The molecule has 0 spiro atoms. The van der Waals surface area contributed by atoms with E-state index in [9.17, 15) is 9.90 Å². The predicted octanol–water partition coefficient (Wildman–Crippen LogP) is -0.912. The van der Waals surface area contributed by atoms with Gasteiger partial charge in [-0.1, -0.05) is 0 Å². The van der Waals surface area contributed by atoms with Gasteiger partial charge in [-0.15, -0.1) is 0 Å². The second-order valence-electron chi connectivity index (χ2n) is 5.43. The molecule has 3 aliphatic heterocycles. The molecule has 24 heavy (non-hydrogen) atoms. The number of amides is 2. The van der Waals surface area contributed by atoms with Crippen LogP contribution in [0.3, 0.4) is 0 Å². The highest BCUT2D eigenvalue weighted by atomic mass is 31.2. The Balaban J connectivity index is 1.67. The van der Waals surface area contributed by atoms with Crippen LogP contribution < -0.4 is 11.1 Å². The van der Waals surface area contributed by atoms with Gasteiger partial charge in [0.05, 0.1) is 18.7 Å². The van der Waals surface area contributed by atoms with Crippen molar-refractivity contribution in [2.24, 2.45) is 5.73 Å². The largest absolute Gasteiger partial charge is 0.488 e. The average molecular weight is 355 g/mol. The summed E-state index contributed by atoms with van der Waals surface area (Å²) in [6.45, 7) is 0.113. The van der Waals surface area contributed by atoms with Crippen LogP contribution in [-0.4, -0.2) is 67.5 Å². The number of aliphatic hydroxyl groups excluding tert-OH is 1. The molecule has 2 amide bonds. The Kier molecular flexibility index (Phi) is 5.08. The first-order chi connectivity index (χ1) is 11.4. The van der Waals surface area contributed by atoms with Crippen molar-refractivity contribution in [2.75, 3.05) is 13.2 Å². The molecule has 0 saturated carbocycles. The number of rotatable bonds is 4. The Bertz CT molecular complexity index is 576. The molecule has 0 aromatic heterocycles. The molecule has 0 aromatic carbocycles. The molecule has 6 atom stereocenters. The standard InChI is InChI=1S/C12H17BN4O6P/c13-24(20-5-1-3-14)21-6-7-10(23-24)9(18)11(22-7)17-4-2-8(15)16-12(17)19/h2,4,7-11,18H,1,5-6,15H2,(H,16,19)/q+1/t7?,8?,9?,10-,11?,24?/m1/s1. The molecule has 3 heterocycles. The molecule has 4 N–H and O–H groups in total. The van der Waals surface area contributed by atoms with Gasteiger partial charge in [-0.05, 0) is 6.08 Å². The number of nitrogens with two attached hydrogens (primary N) is 1. The summed E-state index contributed by atoms with van der Waals surface area (Å²) in [5, 5.41) is 21.5. The van der Waals surface area contributed by atoms with Crippen molar-refractivity contribution in [1.29, 1.82) is 5.26 Å². The number of carbonyl (C=O) groups excluding carboxylic acids is 1. The van der Waals surface area contributed by atoms with Gasteiger partial charge in [-0.25, -0.2) is 4.79 Å². The van der Waals surface area contributed by atoms with Gasteiger partial charge in [0.15, 0.2) is 12.3 Å². The molecular weight excluding hydrogens is 338 g/mol. The topological polar surface area (TPSA) is 139 Å². The smallest absolute Gasteiger partial charge is 0.385 e. The number of aliphatic hydroxyl groups is 1. The minimum atomic E-state index is -3.14. The summed E-state index contributed by atoms with van der Waals surface area (Å²) in [6.07, 6.45) is -0.958. The van der Waals surface area contributed by atoms with Crippen molar-refractivity contribution in [2.45, 2.75) is 37.1 Å². The van der Waals surface area contributed by atoms with E-state index < -0.39 is 44.6 Å². The van der Waals surface area contributed by atoms with E-state index in [0.717, 1.165) is 0 Å². The number of hydrogen-bond acceptors (Lipinski definition) is 8. The molecule has 128 valence electrons. The molecule has 0 bridgehead atoms. The summed E-state index contributed by atoms with van der Waals surface area (Å²) in [6, 6.07) is 1.43. The number of nitrogens with zero attached hydrogens (tertiary/aromatic N) is 2. The van der Waals surface area contributed by atoms with Gasteiger partial charge >= 0.3 is 21.4 Å². The lowest BCUT2D eigenvalue weighted by molar-refractivity contribution is -0.0727. The van der Waals surface area contributed by atoms with Gasteiger partial charge in [0.1, 0.15) is 25.4 Å². The van der Waals surface area contributed by atoms with E-state index >= 15 is 0 Å². The zero-order chi connectivity index (χ0) is 17.3. The fourth-order valence-corrected chi connectivity index (χ4v) is 4.09. The number of fused-ring (bicyclic) bond motifs is 1. The van der Waals surface area contributed by atoms with Crippen LogP contribution in [0.15, 0.2) is 12.3 Å². The number of carbonyl (C=O) groups is 1. The average Bonchev–Trinajstić information content (AvgIpc) is 2.84. The van der Waals surface area contributed by atoms with Crippen molar-refractivity contribution in [3.8, 4) is 6.07 Å². The first-order valence-electron chi connectivity index (χ1n) is 7.32. The maximum absolute atomic E-state index is 12.0. The maximum atomic E-state index is 12.0. The Morgan fingerprint density at radius 2 is 2.46 bits per heavy atom. The molecule has 3 aliphatic rings. The lowest BCUT2D eigenvalue weighted by Gasteiger charge is -2.31. The van der Waals surface area contributed by atoms with Crippen LogP contribution in [0.4, 0.5) is 4.79 Å². The fourth-order valence-electron chi connectivity index (χ4n) is 2.60. The van der Waals surface area contributed by atoms with Gasteiger partial charge < -0.3 is 20.9 Å². The van der Waals surface area contributed by atoms with Crippen LogP contribution in [0.5, 0.6) is 0 Å². The Morgan fingerprint density at radius 1 is 1.67 bits per heavy atom. The molecule has 12 heteroatoms. The van der Waals surface area contributed by atoms with E-state index in [1.165, 1.54) is 11.1 Å². The Labute approximate surface area is 140 Å². The highest BCUT2D eigenvalue weighted by Crippen LogP contribution is 2.62. The van der Waals surface area contributed by atoms with Crippen molar-refractivity contribution in [3.63, 3.8) is 0 Å². The summed E-state index contributed by atoms with van der Waals surface area (Å²) in [5.74, 6) is 0. The van der Waals surface area contributed by atoms with Crippen LogP contribution in [0, 0.1) is 11.3 Å². The zero-order valence-electron chi connectivity index (χ0n) is 12.6. The monoisotopic (exact) mass is 355 g/mol. The summed E-state index contributed by atoms with van der Waals surface area (Å²) in [7, 11) is 2.79. The lowest BCUT2D eigenvalue weighted by atomic mass is 10.1. The SMILES string of the molecule is [B][P+]1(OCCC#N)OCC2OC(N3C=CC(N)NC3=O)C(O)[C@@H]2O1. The number of nitriles is 1. The first kappa shape index (κ1) is 17.6. The van der Waals surface area contributed by atoms with Crippen LogP contribution in [0.2, 0.25) is 0 Å². The third kappa shape index (κ3) is 3.41. The number of nitrogens with one attached hydrogen (secondary N) is 1. The van der Waals surface area contributed by atoms with Crippen molar-refractivity contribution in [3.05, 3.63) is 12.3 Å². The van der Waals surface area contributed by atoms with Crippen LogP contribution >= 0.6 is 7.82 Å². The Hall–Kier alpha value is -1.25. The molecule has 0 aromatic rings. The minimum Gasteiger partial charge on any atom is -0.385 e. The fraction of sp³-hybridized carbons (Fsp3) is 0.667. The number of urea groups is 1. The predicted molar refractivity (Wildman–Crippen MR) is 81.8 cm³/mol. The summed E-state index contributed by atoms with van der Waals surface area (Å²) >= 11 is 0. The molecule has 2 radical (unpaired) electrons. The molecule has 10 nitrogen and oxygen atoms in total. The van der Waals surface area contributed by atoms with E-state index in [0.29, 0.717) is 0 Å². The Morgan fingerprint density at radius 3 is 3.17 bits per heavy atom. The normalized spacial score (nSPS) is 41.6. The third-order valence-electron chi connectivity index (χ3n) is 3.73. The van der Waals surface area contributed by atoms with Gasteiger partial charge in [0.2, 0.25) is 0 Å². The summed E-state index contributed by atoms with van der Waals surface area (Å²) in [5.41, 5.74) is 5.59. The zero-order valence-corrected chi connectivity index (χ0v) is 13.5. The minimum absolute atomic E-state index is 0.0494. The number of hydrogen-bond donors (Lipinski definition) is 3. The van der Waals surface area contributed by atoms with Gasteiger partial charge in [-0.2, -0.15) is 18.8 Å². The third-order valence-corrected chi connectivity index (χ3v) is 5.32. The highest BCUT2D eigenvalue weighted by Gasteiger charge is 2.59. The number of ether oxygens (including phenoxy) is 1. The second kappa shape index (κ2) is 6.94. The lowest BCUT2D eigenvalue weighted by Crippen LogP contribution is -2.55. The molecule has 0 aliphatic carbocycles. The summed E-state index contributed by atoms with van der Waals surface area (Å²) in [4.78, 5) is 13.2. The first-order valence-corrected chi connectivity index (χ1v) is 8.93. The molecule has 2 saturated heterocycles. The van der Waals surface area contributed by atoms with E-state index in [1.807, 2.05) is 6.07 Å². The van der Waals surface area contributed by atoms with Crippen LogP contribution in [0.25, 0.3) is 0 Å². The summed E-state index contributed by atoms with van der Waals surface area (Å²) < 4.78 is 22.0. The highest BCUT2D eigenvalue weighted by molar-refractivity contribution is 7.85. The van der Waals surface area contributed by atoms with Crippen LogP contribution in [0.1, 0.15) is 6.42 Å². The van der Waals surface area contributed by atoms with Crippen molar-refractivity contribution in [1.82, 2.24) is 10.2 Å². The van der Waals surface area contributed by atoms with E-state index in [-0.39, 0.29) is 19.6 Å². The maximum Gasteiger partial charge on any atom is 0.488 e. The van der Waals surface area contributed by atoms with Gasteiger partial charge in [0.25, 0.3) is 0 Å². The van der Waals surface area contributed by atoms with Crippen LogP contribution in [-0.2, 0) is 18.3 Å². The van der Waals surface area contributed by atoms with Gasteiger partial charge in [0, 0.05) is 6.20 Å². The van der Waals surface area contributed by atoms with E-state index in [2.05, 4.69) is 5.32 Å². The van der Waals surface area contributed by atoms with E-state index in [1.54, 1.807) is 6.08 Å². The molecule has 3 rings (SSSR count). The second-order valence-corrected chi connectivity index (χ2v) is 7.23. The van der Waals surface area contributed by atoms with Crippen molar-refractivity contribution < 1.29 is 28.2 Å².